The lowest BCUT2D eigenvalue weighted by molar-refractivity contribution is -0.136. The Balaban J connectivity index is 2.20. The lowest BCUT2D eigenvalue weighted by Crippen LogP contribution is -2.11. The van der Waals surface area contributed by atoms with E-state index in [0.717, 1.165) is 29.8 Å². The van der Waals surface area contributed by atoms with E-state index in [4.69, 9.17) is 5.11 Å². The summed E-state index contributed by atoms with van der Waals surface area (Å²) in [5.41, 5.74) is 2.10. The van der Waals surface area contributed by atoms with E-state index in [1.165, 1.54) is 11.8 Å². The van der Waals surface area contributed by atoms with E-state index in [9.17, 15) is 4.79 Å². The Morgan fingerprint density at radius 3 is 2.71 bits per heavy atom. The van der Waals surface area contributed by atoms with E-state index in [0.29, 0.717) is 5.16 Å². The average Bonchev–Trinajstić information content (AvgIpc) is 3.00. The average molecular weight is 304 g/mol. The highest BCUT2D eigenvalue weighted by Gasteiger charge is 2.20. The molecule has 0 aliphatic heterocycles. The smallest absolute Gasteiger partial charge is 0.316 e. The van der Waals surface area contributed by atoms with Gasteiger partial charge in [-0.3, -0.25) is 9.20 Å². The summed E-state index contributed by atoms with van der Waals surface area (Å²) in [6, 6.07) is 8.02. The lowest BCUT2D eigenvalue weighted by Gasteiger charge is -2.02. The molecule has 0 aliphatic rings. The summed E-state index contributed by atoms with van der Waals surface area (Å²) in [6.45, 7) is 4.62. The van der Waals surface area contributed by atoms with Crippen molar-refractivity contribution < 1.29 is 9.90 Å². The number of aromatic nitrogens is 4. The van der Waals surface area contributed by atoms with Gasteiger partial charge in [-0.2, -0.15) is 0 Å². The van der Waals surface area contributed by atoms with Gasteiger partial charge in [0, 0.05) is 6.54 Å². The van der Waals surface area contributed by atoms with Gasteiger partial charge in [-0.1, -0.05) is 30.8 Å². The van der Waals surface area contributed by atoms with Crippen LogP contribution in [0.3, 0.4) is 0 Å². The Morgan fingerprint density at radius 2 is 2.05 bits per heavy atom. The minimum absolute atomic E-state index is 0.564. The number of rotatable bonds is 5. The molecule has 0 radical (unpaired) electrons. The fraction of sp³-hybridized carbons (Fsp3) is 0.357. The number of fused-ring (bicyclic) bond motifs is 3. The number of aliphatic carboxylic acids is 1. The Kier molecular flexibility index (Phi) is 3.59. The summed E-state index contributed by atoms with van der Waals surface area (Å²) in [4.78, 5) is 11.0. The zero-order chi connectivity index (χ0) is 15.0. The van der Waals surface area contributed by atoms with Gasteiger partial charge in [-0.05, 0) is 25.5 Å². The first-order valence-electron chi connectivity index (χ1n) is 6.85. The SMILES string of the molecule is CCCn1c2ccccc2n2c(SC(C)C(=O)O)nnc12. The second-order valence-corrected chi connectivity index (χ2v) is 6.16. The molecule has 0 amide bonds. The number of aryl methyl sites for hydroxylation is 1. The summed E-state index contributed by atoms with van der Waals surface area (Å²) >= 11 is 1.21. The molecule has 0 fully saturated rings. The van der Waals surface area contributed by atoms with Gasteiger partial charge in [-0.15, -0.1) is 10.2 Å². The molecule has 0 aliphatic carbocycles. The van der Waals surface area contributed by atoms with Gasteiger partial charge in [0.05, 0.1) is 11.0 Å². The number of carboxylic acids is 1. The number of nitrogens with zero attached hydrogens (tertiary/aromatic N) is 4. The molecule has 0 bridgehead atoms. The Labute approximate surface area is 125 Å². The van der Waals surface area contributed by atoms with Crippen LogP contribution in [0.1, 0.15) is 20.3 Å². The fourth-order valence-corrected chi connectivity index (χ4v) is 3.16. The minimum Gasteiger partial charge on any atom is -0.480 e. The van der Waals surface area contributed by atoms with Crippen molar-refractivity contribution >= 4 is 34.5 Å². The molecule has 7 heteroatoms. The van der Waals surface area contributed by atoms with Gasteiger partial charge in [-0.25, -0.2) is 0 Å². The van der Waals surface area contributed by atoms with Crippen molar-refractivity contribution in [2.45, 2.75) is 37.2 Å². The van der Waals surface area contributed by atoms with Gasteiger partial charge in [0.25, 0.3) is 0 Å². The van der Waals surface area contributed by atoms with E-state index in [2.05, 4.69) is 27.8 Å². The van der Waals surface area contributed by atoms with Gasteiger partial charge in [0.1, 0.15) is 5.25 Å². The van der Waals surface area contributed by atoms with Crippen LogP contribution in [0.15, 0.2) is 29.4 Å². The second kappa shape index (κ2) is 5.40. The van der Waals surface area contributed by atoms with E-state index < -0.39 is 11.2 Å². The van der Waals surface area contributed by atoms with Crippen LogP contribution in [0.2, 0.25) is 0 Å². The van der Waals surface area contributed by atoms with Gasteiger partial charge < -0.3 is 9.67 Å². The van der Waals surface area contributed by atoms with E-state index in [-0.39, 0.29) is 0 Å². The Bertz CT molecular complexity index is 808. The summed E-state index contributed by atoms with van der Waals surface area (Å²) in [5, 5.41) is 17.5. The highest BCUT2D eigenvalue weighted by atomic mass is 32.2. The number of carboxylic acid groups (broad SMARTS) is 1. The van der Waals surface area contributed by atoms with Crippen molar-refractivity contribution in [3.8, 4) is 0 Å². The zero-order valence-electron chi connectivity index (χ0n) is 11.9. The molecule has 6 nitrogen and oxygen atoms in total. The van der Waals surface area contributed by atoms with Crippen molar-refractivity contribution in [3.05, 3.63) is 24.3 Å². The standard InChI is InChI=1S/C14H16N4O2S/c1-3-8-17-10-6-4-5-7-11(10)18-13(17)15-16-14(18)21-9(2)12(19)20/h4-7,9H,3,8H2,1-2H3,(H,19,20). The van der Waals surface area contributed by atoms with Crippen molar-refractivity contribution in [3.63, 3.8) is 0 Å². The van der Waals surface area contributed by atoms with Crippen molar-refractivity contribution in [2.75, 3.05) is 0 Å². The molecule has 3 rings (SSSR count). The monoisotopic (exact) mass is 304 g/mol. The molecule has 110 valence electrons. The maximum atomic E-state index is 11.0. The van der Waals surface area contributed by atoms with Crippen LogP contribution < -0.4 is 0 Å². The van der Waals surface area contributed by atoms with Crippen molar-refractivity contribution in [2.24, 2.45) is 0 Å². The fourth-order valence-electron chi connectivity index (χ4n) is 2.37. The number of hydrogen-bond donors (Lipinski definition) is 1. The molecule has 1 aromatic carbocycles. The normalized spacial score (nSPS) is 13.0. The van der Waals surface area contributed by atoms with Crippen LogP contribution in [0, 0.1) is 0 Å². The Morgan fingerprint density at radius 1 is 1.33 bits per heavy atom. The topological polar surface area (TPSA) is 72.4 Å². The molecule has 3 aromatic rings. The highest BCUT2D eigenvalue weighted by molar-refractivity contribution is 8.00. The molecule has 1 unspecified atom stereocenters. The second-order valence-electron chi connectivity index (χ2n) is 4.86. The number of imidazole rings is 1. The van der Waals surface area contributed by atoms with Crippen molar-refractivity contribution in [1.82, 2.24) is 19.2 Å². The first-order valence-corrected chi connectivity index (χ1v) is 7.73. The Hall–Kier alpha value is -2.02. The van der Waals surface area contributed by atoms with Crippen LogP contribution in [0.5, 0.6) is 0 Å². The third-order valence-corrected chi connectivity index (χ3v) is 4.38. The summed E-state index contributed by atoms with van der Waals surface area (Å²) in [7, 11) is 0. The van der Waals surface area contributed by atoms with Crippen LogP contribution >= 0.6 is 11.8 Å². The van der Waals surface area contributed by atoms with Crippen LogP contribution in [-0.4, -0.2) is 35.5 Å². The third-order valence-electron chi connectivity index (χ3n) is 3.35. The molecule has 1 atom stereocenters. The molecule has 0 saturated carbocycles. The quantitative estimate of drug-likeness (QED) is 0.734. The maximum absolute atomic E-state index is 11.0. The van der Waals surface area contributed by atoms with E-state index in [1.807, 2.05) is 22.6 Å². The molecule has 0 spiro atoms. The van der Waals surface area contributed by atoms with Gasteiger partial charge >= 0.3 is 5.97 Å². The number of hydrogen-bond acceptors (Lipinski definition) is 4. The van der Waals surface area contributed by atoms with Crippen LogP contribution in [0.4, 0.5) is 0 Å². The molecule has 2 heterocycles. The van der Waals surface area contributed by atoms with Crippen molar-refractivity contribution in [1.29, 1.82) is 0 Å². The molecule has 1 N–H and O–H groups in total. The molecule has 21 heavy (non-hydrogen) atoms. The predicted octanol–water partition coefficient (Wildman–Crippen LogP) is 2.66. The highest BCUT2D eigenvalue weighted by Crippen LogP contribution is 2.28. The molecular formula is C14H16N4O2S. The lowest BCUT2D eigenvalue weighted by atomic mass is 10.3. The van der Waals surface area contributed by atoms with E-state index in [1.54, 1.807) is 6.92 Å². The third kappa shape index (κ3) is 2.27. The number of thioether (sulfide) groups is 1. The number of benzene rings is 1. The summed E-state index contributed by atoms with van der Waals surface area (Å²) in [5.74, 6) is -0.0906. The van der Waals surface area contributed by atoms with E-state index >= 15 is 0 Å². The van der Waals surface area contributed by atoms with Gasteiger partial charge in [0.2, 0.25) is 5.78 Å². The number of para-hydroxylation sites is 2. The molecular weight excluding hydrogens is 288 g/mol. The summed E-state index contributed by atoms with van der Waals surface area (Å²) in [6.07, 6.45) is 0.995. The van der Waals surface area contributed by atoms with Crippen LogP contribution in [0.25, 0.3) is 16.8 Å². The largest absolute Gasteiger partial charge is 0.480 e. The van der Waals surface area contributed by atoms with Gasteiger partial charge in [0.15, 0.2) is 5.16 Å². The van der Waals surface area contributed by atoms with Crippen LogP contribution in [-0.2, 0) is 11.3 Å². The minimum atomic E-state index is -0.853. The molecule has 0 saturated heterocycles. The first kappa shape index (κ1) is 13.9. The summed E-state index contributed by atoms with van der Waals surface area (Å²) < 4.78 is 4.06. The maximum Gasteiger partial charge on any atom is 0.316 e. The first-order chi connectivity index (χ1) is 10.1. The number of carbonyl (C=O) groups is 1. The molecule has 2 aromatic heterocycles. The zero-order valence-corrected chi connectivity index (χ0v) is 12.7. The predicted molar refractivity (Wildman–Crippen MR) is 81.7 cm³/mol.